The zero-order valence-corrected chi connectivity index (χ0v) is 21.6. The minimum absolute atomic E-state index is 0.0854. The van der Waals surface area contributed by atoms with E-state index in [9.17, 15) is 13.9 Å². The molecule has 0 radical (unpaired) electrons. The first kappa shape index (κ1) is 25.8. The highest BCUT2D eigenvalue weighted by Gasteiger charge is 2.30. The van der Waals surface area contributed by atoms with Gasteiger partial charge in [0.15, 0.2) is 11.6 Å². The molecule has 0 saturated heterocycles. The number of imidazole rings is 1. The van der Waals surface area contributed by atoms with E-state index in [1.807, 2.05) is 64.5 Å². The average molecular weight is 498 g/mol. The van der Waals surface area contributed by atoms with E-state index in [1.54, 1.807) is 10.9 Å². The van der Waals surface area contributed by atoms with Gasteiger partial charge in [-0.05, 0) is 43.7 Å². The average Bonchev–Trinajstić information content (AvgIpc) is 3.36. The summed E-state index contributed by atoms with van der Waals surface area (Å²) in [5.74, 6) is -2.16. The highest BCUT2D eigenvalue weighted by atomic mass is 19.2. The summed E-state index contributed by atoms with van der Waals surface area (Å²) in [7, 11) is 3.66. The number of hydrogen-bond donors (Lipinski definition) is 2. The molecule has 0 fully saturated rings. The number of nitrogens with one attached hydrogen (secondary N) is 1. The smallest absolute Gasteiger partial charge is 0.201 e. The number of ether oxygens (including phenoxy) is 1. The van der Waals surface area contributed by atoms with Gasteiger partial charge in [0.25, 0.3) is 0 Å². The van der Waals surface area contributed by atoms with Crippen LogP contribution in [0.25, 0.3) is 16.8 Å². The molecule has 0 saturated carbocycles. The molecule has 1 atom stereocenters. The van der Waals surface area contributed by atoms with Crippen LogP contribution in [0.1, 0.15) is 49.5 Å². The van der Waals surface area contributed by atoms with Crippen LogP contribution in [0.2, 0.25) is 0 Å². The van der Waals surface area contributed by atoms with Crippen molar-refractivity contribution < 1.29 is 18.6 Å². The third kappa shape index (κ3) is 4.85. The van der Waals surface area contributed by atoms with E-state index in [4.69, 9.17) is 4.74 Å². The first-order chi connectivity index (χ1) is 17.0. The lowest BCUT2D eigenvalue weighted by molar-refractivity contribution is 0.0575. The molecule has 0 aliphatic heterocycles. The summed E-state index contributed by atoms with van der Waals surface area (Å²) in [5.41, 5.74) is 4.72. The van der Waals surface area contributed by atoms with E-state index < -0.39 is 23.2 Å². The SMILES string of the molecule is CNCc1cnc2ccc(-c3ccc(F)c(F)c3OCCc3c(C(O)C(C)(C)C)nn(C)c3C)cn12. The maximum Gasteiger partial charge on any atom is 0.201 e. The van der Waals surface area contributed by atoms with Gasteiger partial charge in [-0.25, -0.2) is 9.37 Å². The number of aliphatic hydroxyl groups excluding tert-OH is 1. The van der Waals surface area contributed by atoms with Gasteiger partial charge in [-0.1, -0.05) is 20.8 Å². The lowest BCUT2D eigenvalue weighted by Gasteiger charge is -2.25. The Kier molecular flexibility index (Phi) is 7.15. The monoisotopic (exact) mass is 497 g/mol. The maximum absolute atomic E-state index is 15.0. The van der Waals surface area contributed by atoms with Crippen LogP contribution in [0.5, 0.6) is 5.75 Å². The summed E-state index contributed by atoms with van der Waals surface area (Å²) in [6, 6.07) is 6.27. The summed E-state index contributed by atoms with van der Waals surface area (Å²) in [6.45, 7) is 8.43. The number of fused-ring (bicyclic) bond motifs is 1. The van der Waals surface area contributed by atoms with Gasteiger partial charge >= 0.3 is 0 Å². The molecule has 1 aromatic carbocycles. The summed E-state index contributed by atoms with van der Waals surface area (Å²) in [5, 5.41) is 18.5. The molecule has 0 aliphatic carbocycles. The first-order valence-corrected chi connectivity index (χ1v) is 11.9. The lowest BCUT2D eigenvalue weighted by atomic mass is 9.85. The number of nitrogens with zero attached hydrogens (tertiary/aromatic N) is 4. The van der Waals surface area contributed by atoms with Gasteiger partial charge in [-0.15, -0.1) is 0 Å². The van der Waals surface area contributed by atoms with Crippen molar-refractivity contribution in [2.75, 3.05) is 13.7 Å². The summed E-state index contributed by atoms with van der Waals surface area (Å²) >= 11 is 0. The van der Waals surface area contributed by atoms with Crippen LogP contribution in [-0.4, -0.2) is 37.9 Å². The van der Waals surface area contributed by atoms with E-state index >= 15 is 0 Å². The van der Waals surface area contributed by atoms with E-state index in [1.165, 1.54) is 6.07 Å². The Labute approximate surface area is 209 Å². The summed E-state index contributed by atoms with van der Waals surface area (Å²) in [6.07, 6.45) is 3.22. The molecule has 4 aromatic rings. The van der Waals surface area contributed by atoms with Gasteiger partial charge < -0.3 is 19.6 Å². The molecule has 0 aliphatic rings. The predicted molar refractivity (Wildman–Crippen MR) is 135 cm³/mol. The molecule has 4 rings (SSSR count). The molecule has 3 aromatic heterocycles. The van der Waals surface area contributed by atoms with Crippen LogP contribution in [0.4, 0.5) is 8.78 Å². The minimum atomic E-state index is -1.04. The predicted octanol–water partition coefficient (Wildman–Crippen LogP) is 4.74. The largest absolute Gasteiger partial charge is 0.489 e. The molecule has 0 amide bonds. The van der Waals surface area contributed by atoms with Crippen LogP contribution in [-0.2, 0) is 20.0 Å². The highest BCUT2D eigenvalue weighted by Crippen LogP contribution is 2.36. The zero-order chi connectivity index (χ0) is 26.2. The van der Waals surface area contributed by atoms with Gasteiger partial charge in [-0.3, -0.25) is 4.68 Å². The number of rotatable bonds is 8. The van der Waals surface area contributed by atoms with Crippen LogP contribution < -0.4 is 10.1 Å². The molecule has 7 nitrogen and oxygen atoms in total. The highest BCUT2D eigenvalue weighted by molar-refractivity contribution is 5.71. The third-order valence-corrected chi connectivity index (χ3v) is 6.47. The Morgan fingerprint density at radius 2 is 1.92 bits per heavy atom. The molecule has 0 spiro atoms. The fourth-order valence-corrected chi connectivity index (χ4v) is 4.27. The Morgan fingerprint density at radius 1 is 1.17 bits per heavy atom. The fourth-order valence-electron chi connectivity index (χ4n) is 4.27. The second kappa shape index (κ2) is 9.99. The lowest BCUT2D eigenvalue weighted by Crippen LogP contribution is -2.20. The van der Waals surface area contributed by atoms with Crippen molar-refractivity contribution >= 4 is 5.65 Å². The number of benzene rings is 1. The minimum Gasteiger partial charge on any atom is -0.489 e. The van der Waals surface area contributed by atoms with Crippen molar-refractivity contribution in [1.29, 1.82) is 0 Å². The number of hydrogen-bond acceptors (Lipinski definition) is 5. The van der Waals surface area contributed by atoms with Crippen molar-refractivity contribution in [3.63, 3.8) is 0 Å². The molecule has 0 bridgehead atoms. The molecule has 2 N–H and O–H groups in total. The topological polar surface area (TPSA) is 76.6 Å². The maximum atomic E-state index is 15.0. The number of halogens is 2. The van der Waals surface area contributed by atoms with Gasteiger partial charge in [0.1, 0.15) is 11.8 Å². The Balaban J connectivity index is 1.65. The van der Waals surface area contributed by atoms with E-state index in [-0.39, 0.29) is 12.4 Å². The summed E-state index contributed by atoms with van der Waals surface area (Å²) < 4.78 is 38.7. The second-order valence-corrected chi connectivity index (χ2v) is 10.1. The molecule has 36 heavy (non-hydrogen) atoms. The Bertz CT molecular complexity index is 1390. The number of pyridine rings is 1. The van der Waals surface area contributed by atoms with Gasteiger partial charge in [-0.2, -0.15) is 9.49 Å². The molecule has 192 valence electrons. The van der Waals surface area contributed by atoms with E-state index in [0.717, 1.165) is 28.7 Å². The zero-order valence-electron chi connectivity index (χ0n) is 21.6. The van der Waals surface area contributed by atoms with Crippen molar-refractivity contribution in [2.45, 2.75) is 46.8 Å². The molecule has 9 heteroatoms. The molecule has 1 unspecified atom stereocenters. The van der Waals surface area contributed by atoms with E-state index in [2.05, 4.69) is 15.4 Å². The number of aliphatic hydroxyl groups is 1. The van der Waals surface area contributed by atoms with Crippen molar-refractivity contribution in [3.05, 3.63) is 70.9 Å². The van der Waals surface area contributed by atoms with Crippen molar-refractivity contribution in [3.8, 4) is 16.9 Å². The normalized spacial score (nSPS) is 12.9. The fraction of sp³-hybridized carbons (Fsp3) is 0.407. The van der Waals surface area contributed by atoms with Crippen LogP contribution in [0.3, 0.4) is 0 Å². The van der Waals surface area contributed by atoms with Crippen LogP contribution in [0, 0.1) is 24.0 Å². The second-order valence-electron chi connectivity index (χ2n) is 10.1. The quantitative estimate of drug-likeness (QED) is 0.368. The van der Waals surface area contributed by atoms with E-state index in [0.29, 0.717) is 29.8 Å². The number of aromatic nitrogens is 4. The van der Waals surface area contributed by atoms with Crippen molar-refractivity contribution in [1.82, 2.24) is 24.5 Å². The van der Waals surface area contributed by atoms with Crippen LogP contribution >= 0.6 is 0 Å². The molecular weight excluding hydrogens is 464 g/mol. The Morgan fingerprint density at radius 3 is 2.61 bits per heavy atom. The first-order valence-electron chi connectivity index (χ1n) is 11.9. The molecule has 3 heterocycles. The Hall–Kier alpha value is -3.30. The third-order valence-electron chi connectivity index (χ3n) is 6.47. The summed E-state index contributed by atoms with van der Waals surface area (Å²) in [4.78, 5) is 4.39. The van der Waals surface area contributed by atoms with Crippen molar-refractivity contribution in [2.24, 2.45) is 12.5 Å². The number of aryl methyl sites for hydroxylation is 1. The van der Waals surface area contributed by atoms with Gasteiger partial charge in [0, 0.05) is 48.6 Å². The standard InChI is InChI=1S/C27H33F2N5O2/c1-16-19(24(32-33(16)6)26(35)27(2,3)4)11-12-36-25-20(8-9-21(28)23(25)29)17-7-10-22-31-14-18(13-30-5)34(22)15-17/h7-10,14-15,26,30,35H,11-13H2,1-6H3. The van der Waals surface area contributed by atoms with Crippen LogP contribution in [0.15, 0.2) is 36.7 Å². The van der Waals surface area contributed by atoms with Gasteiger partial charge in [0.2, 0.25) is 5.82 Å². The molecular formula is C27H33F2N5O2. The van der Waals surface area contributed by atoms with Gasteiger partial charge in [0.05, 0.1) is 24.2 Å².